The molecule has 0 unspecified atom stereocenters. The van der Waals surface area contributed by atoms with Crippen LogP contribution in [-0.4, -0.2) is 46.9 Å². The van der Waals surface area contributed by atoms with Crippen LogP contribution in [0.1, 0.15) is 77.6 Å². The molecule has 1 rings (SSSR count). The van der Waals surface area contributed by atoms with Gasteiger partial charge in [0.05, 0.1) is 6.42 Å². The second-order valence-electron chi connectivity index (χ2n) is 6.55. The average Bonchev–Trinajstić information content (AvgIpc) is 3.04. The molecule has 1 heterocycles. The summed E-state index contributed by atoms with van der Waals surface area (Å²) in [5.74, 6) is -1.31. The number of nitrogens with one attached hydrogen (secondary N) is 1. The predicted octanol–water partition coefficient (Wildman–Crippen LogP) is 2.71. The molecule has 0 aromatic heterocycles. The number of carboxylic acids is 1. The van der Waals surface area contributed by atoms with Crippen LogP contribution in [0.15, 0.2) is 0 Å². The van der Waals surface area contributed by atoms with E-state index in [-0.39, 0.29) is 24.7 Å². The fourth-order valence-corrected chi connectivity index (χ4v) is 3.11. The minimum atomic E-state index is -0.984. The van der Waals surface area contributed by atoms with Gasteiger partial charge in [0.2, 0.25) is 11.8 Å². The Hall–Kier alpha value is -1.59. The molecule has 2 amide bonds. The van der Waals surface area contributed by atoms with Crippen molar-refractivity contribution < 1.29 is 19.5 Å². The van der Waals surface area contributed by atoms with Crippen molar-refractivity contribution in [1.29, 1.82) is 0 Å². The van der Waals surface area contributed by atoms with Gasteiger partial charge in [-0.2, -0.15) is 0 Å². The molecule has 1 aliphatic heterocycles. The summed E-state index contributed by atoms with van der Waals surface area (Å²) in [6.45, 7) is 3.41. The summed E-state index contributed by atoms with van der Waals surface area (Å²) in [7, 11) is 0. The Morgan fingerprint density at radius 2 is 1.71 bits per heavy atom. The summed E-state index contributed by atoms with van der Waals surface area (Å²) in [5, 5.41) is 11.6. The van der Waals surface area contributed by atoms with Gasteiger partial charge in [0.1, 0.15) is 6.04 Å². The number of rotatable bonds is 12. The predicted molar refractivity (Wildman–Crippen MR) is 92.6 cm³/mol. The Morgan fingerprint density at radius 1 is 1.04 bits per heavy atom. The topological polar surface area (TPSA) is 86.7 Å². The highest BCUT2D eigenvalue weighted by molar-refractivity contribution is 5.89. The lowest BCUT2D eigenvalue weighted by Crippen LogP contribution is -2.46. The van der Waals surface area contributed by atoms with E-state index in [1.54, 1.807) is 4.90 Å². The molecule has 138 valence electrons. The Labute approximate surface area is 145 Å². The lowest BCUT2D eigenvalue weighted by molar-refractivity contribution is -0.142. The Morgan fingerprint density at radius 3 is 2.38 bits per heavy atom. The van der Waals surface area contributed by atoms with Gasteiger partial charge in [-0.3, -0.25) is 14.4 Å². The molecule has 0 radical (unpaired) electrons. The van der Waals surface area contributed by atoms with Gasteiger partial charge in [-0.15, -0.1) is 0 Å². The molecule has 0 aliphatic carbocycles. The van der Waals surface area contributed by atoms with Crippen LogP contribution in [0.5, 0.6) is 0 Å². The third-order valence-electron chi connectivity index (χ3n) is 4.51. The first-order valence-electron chi connectivity index (χ1n) is 9.35. The Balaban J connectivity index is 2.20. The molecule has 1 atom stereocenters. The van der Waals surface area contributed by atoms with Gasteiger partial charge in [-0.25, -0.2) is 0 Å². The first kappa shape index (κ1) is 20.5. The summed E-state index contributed by atoms with van der Waals surface area (Å²) < 4.78 is 0. The molecule has 0 aromatic rings. The zero-order chi connectivity index (χ0) is 17.8. The highest BCUT2D eigenvalue weighted by Gasteiger charge is 2.33. The maximum Gasteiger partial charge on any atom is 0.303 e. The van der Waals surface area contributed by atoms with Gasteiger partial charge in [-0.05, 0) is 19.3 Å². The van der Waals surface area contributed by atoms with Gasteiger partial charge in [0.25, 0.3) is 0 Å². The number of likely N-dealkylation sites (tertiary alicyclic amines) is 1. The van der Waals surface area contributed by atoms with Crippen molar-refractivity contribution in [3.05, 3.63) is 0 Å². The fourth-order valence-electron chi connectivity index (χ4n) is 3.11. The lowest BCUT2D eigenvalue weighted by atomic mass is 10.1. The van der Waals surface area contributed by atoms with E-state index in [9.17, 15) is 14.4 Å². The Kier molecular flexibility index (Phi) is 10.1. The summed E-state index contributed by atoms with van der Waals surface area (Å²) >= 11 is 0. The molecule has 0 saturated carbocycles. The molecule has 0 bridgehead atoms. The van der Waals surface area contributed by atoms with E-state index in [1.807, 2.05) is 0 Å². The Bertz CT molecular complexity index is 412. The van der Waals surface area contributed by atoms with Crippen molar-refractivity contribution in [2.45, 2.75) is 83.6 Å². The molecule has 1 aliphatic rings. The quantitative estimate of drug-likeness (QED) is 0.535. The van der Waals surface area contributed by atoms with Crippen LogP contribution < -0.4 is 5.32 Å². The van der Waals surface area contributed by atoms with Crippen LogP contribution in [0.4, 0.5) is 0 Å². The number of hydrogen-bond donors (Lipinski definition) is 2. The molecule has 6 heteroatoms. The van der Waals surface area contributed by atoms with Gasteiger partial charge in [-0.1, -0.05) is 45.4 Å². The highest BCUT2D eigenvalue weighted by atomic mass is 16.4. The average molecular weight is 340 g/mol. The van der Waals surface area contributed by atoms with E-state index in [1.165, 1.54) is 32.1 Å². The third kappa shape index (κ3) is 7.79. The first-order chi connectivity index (χ1) is 11.6. The van der Waals surface area contributed by atoms with Crippen LogP contribution in [0.25, 0.3) is 0 Å². The van der Waals surface area contributed by atoms with Gasteiger partial charge in [0.15, 0.2) is 0 Å². The van der Waals surface area contributed by atoms with Crippen molar-refractivity contribution in [3.8, 4) is 0 Å². The lowest BCUT2D eigenvalue weighted by Gasteiger charge is -2.23. The minimum Gasteiger partial charge on any atom is -0.481 e. The van der Waals surface area contributed by atoms with Crippen LogP contribution in [0.3, 0.4) is 0 Å². The molecule has 0 spiro atoms. The number of hydrogen-bond acceptors (Lipinski definition) is 3. The van der Waals surface area contributed by atoms with Gasteiger partial charge >= 0.3 is 5.97 Å². The highest BCUT2D eigenvalue weighted by Crippen LogP contribution is 2.19. The van der Waals surface area contributed by atoms with Gasteiger partial charge < -0.3 is 15.3 Å². The summed E-state index contributed by atoms with van der Waals surface area (Å²) in [6.07, 6.45) is 9.65. The van der Waals surface area contributed by atoms with E-state index in [4.69, 9.17) is 5.11 Å². The van der Waals surface area contributed by atoms with E-state index < -0.39 is 12.0 Å². The second kappa shape index (κ2) is 11.9. The third-order valence-corrected chi connectivity index (χ3v) is 4.51. The molecule has 1 fully saturated rings. The standard InChI is InChI=1S/C18H32N2O4/c1-2-3-4-5-6-7-8-13-19-18(24)15-10-9-14-20(15)16(21)11-12-17(22)23/h15H,2-14H2,1H3,(H,19,24)(H,22,23)/t15-/m0/s1. The molecule has 2 N–H and O–H groups in total. The molecular weight excluding hydrogens is 308 g/mol. The SMILES string of the molecule is CCCCCCCCCNC(=O)[C@@H]1CCCN1C(=O)CCC(=O)O. The maximum absolute atomic E-state index is 12.3. The first-order valence-corrected chi connectivity index (χ1v) is 9.35. The summed E-state index contributed by atoms with van der Waals surface area (Å²) in [6, 6.07) is -0.421. The number of carbonyl (C=O) groups is 3. The van der Waals surface area contributed by atoms with Crippen molar-refractivity contribution in [2.24, 2.45) is 0 Å². The number of unbranched alkanes of at least 4 members (excludes halogenated alkanes) is 6. The molecule has 6 nitrogen and oxygen atoms in total. The number of carboxylic acid groups (broad SMARTS) is 1. The molecular formula is C18H32N2O4. The van der Waals surface area contributed by atoms with Crippen molar-refractivity contribution in [1.82, 2.24) is 10.2 Å². The van der Waals surface area contributed by atoms with Crippen LogP contribution in [-0.2, 0) is 14.4 Å². The number of nitrogens with zero attached hydrogens (tertiary/aromatic N) is 1. The zero-order valence-electron chi connectivity index (χ0n) is 14.9. The van der Waals surface area contributed by atoms with E-state index in [0.717, 1.165) is 19.3 Å². The largest absolute Gasteiger partial charge is 0.481 e. The zero-order valence-corrected chi connectivity index (χ0v) is 14.9. The van der Waals surface area contributed by atoms with Crippen molar-refractivity contribution in [2.75, 3.05) is 13.1 Å². The number of carbonyl (C=O) groups excluding carboxylic acids is 2. The molecule has 24 heavy (non-hydrogen) atoms. The second-order valence-corrected chi connectivity index (χ2v) is 6.55. The van der Waals surface area contributed by atoms with Crippen LogP contribution in [0.2, 0.25) is 0 Å². The summed E-state index contributed by atoms with van der Waals surface area (Å²) in [4.78, 5) is 36.4. The monoisotopic (exact) mass is 340 g/mol. The number of aliphatic carboxylic acids is 1. The van der Waals surface area contributed by atoms with Crippen molar-refractivity contribution >= 4 is 17.8 Å². The fraction of sp³-hybridized carbons (Fsp3) is 0.833. The molecule has 1 saturated heterocycles. The van der Waals surface area contributed by atoms with E-state index in [2.05, 4.69) is 12.2 Å². The summed E-state index contributed by atoms with van der Waals surface area (Å²) in [5.41, 5.74) is 0. The molecule has 0 aromatic carbocycles. The number of amides is 2. The maximum atomic E-state index is 12.3. The smallest absolute Gasteiger partial charge is 0.303 e. The van der Waals surface area contributed by atoms with Crippen molar-refractivity contribution in [3.63, 3.8) is 0 Å². The van der Waals surface area contributed by atoms with Gasteiger partial charge in [0, 0.05) is 19.5 Å². The van der Waals surface area contributed by atoms with E-state index >= 15 is 0 Å². The van der Waals surface area contributed by atoms with E-state index in [0.29, 0.717) is 19.5 Å². The van der Waals surface area contributed by atoms with Crippen LogP contribution >= 0.6 is 0 Å². The minimum absolute atomic E-state index is 0.0309. The van der Waals surface area contributed by atoms with Crippen LogP contribution in [0, 0.1) is 0 Å². The normalized spacial score (nSPS) is 17.0.